The summed E-state index contributed by atoms with van der Waals surface area (Å²) in [4.78, 5) is 10.9. The second kappa shape index (κ2) is 5.75. The van der Waals surface area contributed by atoms with Crippen LogP contribution in [0.2, 0.25) is 0 Å². The Balaban J connectivity index is 2.26. The zero-order chi connectivity index (χ0) is 14.0. The number of aryl methyl sites for hydroxylation is 1. The van der Waals surface area contributed by atoms with E-state index in [0.29, 0.717) is 16.0 Å². The van der Waals surface area contributed by atoms with Crippen molar-refractivity contribution in [3.63, 3.8) is 0 Å². The summed E-state index contributed by atoms with van der Waals surface area (Å²) >= 11 is 6.64. The van der Waals surface area contributed by atoms with Crippen LogP contribution in [0.1, 0.15) is 15.9 Å². The van der Waals surface area contributed by atoms with Gasteiger partial charge in [0.1, 0.15) is 11.5 Å². The molecule has 5 heteroatoms. The highest BCUT2D eigenvalue weighted by Gasteiger charge is 2.09. The van der Waals surface area contributed by atoms with Crippen molar-refractivity contribution in [3.05, 3.63) is 56.5 Å². The molecular weight excluding hydrogens is 376 g/mol. The Morgan fingerprint density at radius 1 is 1.05 bits per heavy atom. The third-order valence-corrected chi connectivity index (χ3v) is 4.08. The van der Waals surface area contributed by atoms with E-state index < -0.39 is 5.97 Å². The number of carboxylic acid groups (broad SMARTS) is 1. The predicted molar refractivity (Wildman–Crippen MR) is 80.1 cm³/mol. The topological polar surface area (TPSA) is 46.5 Å². The summed E-state index contributed by atoms with van der Waals surface area (Å²) in [5, 5.41) is 8.94. The summed E-state index contributed by atoms with van der Waals surface area (Å²) in [5.41, 5.74) is 1.28. The molecule has 0 radical (unpaired) electrons. The molecule has 0 fully saturated rings. The van der Waals surface area contributed by atoms with Gasteiger partial charge in [0.25, 0.3) is 0 Å². The van der Waals surface area contributed by atoms with Crippen molar-refractivity contribution >= 4 is 37.8 Å². The molecule has 0 unspecified atom stereocenters. The van der Waals surface area contributed by atoms with Crippen LogP contribution < -0.4 is 4.74 Å². The largest absolute Gasteiger partial charge is 0.478 e. The Morgan fingerprint density at radius 2 is 1.68 bits per heavy atom. The smallest absolute Gasteiger partial charge is 0.336 e. The maximum Gasteiger partial charge on any atom is 0.336 e. The number of carboxylic acids is 1. The van der Waals surface area contributed by atoms with E-state index in [2.05, 4.69) is 31.9 Å². The average molecular weight is 386 g/mol. The van der Waals surface area contributed by atoms with Gasteiger partial charge < -0.3 is 9.84 Å². The molecule has 0 aliphatic carbocycles. The normalized spacial score (nSPS) is 10.3. The van der Waals surface area contributed by atoms with Crippen LogP contribution in [0, 0.1) is 6.92 Å². The Bertz CT molecular complexity index is 639. The Morgan fingerprint density at radius 3 is 2.26 bits per heavy atom. The molecule has 0 amide bonds. The lowest BCUT2D eigenvalue weighted by molar-refractivity contribution is 0.0696. The van der Waals surface area contributed by atoms with Crippen molar-refractivity contribution < 1.29 is 14.6 Å². The monoisotopic (exact) mass is 384 g/mol. The van der Waals surface area contributed by atoms with Gasteiger partial charge in [-0.3, -0.25) is 0 Å². The number of aromatic carboxylic acids is 1. The summed E-state index contributed by atoms with van der Waals surface area (Å²) in [6, 6.07) is 10.4. The van der Waals surface area contributed by atoms with Crippen molar-refractivity contribution in [2.45, 2.75) is 6.92 Å². The first-order chi connectivity index (χ1) is 8.97. The lowest BCUT2D eigenvalue weighted by atomic mass is 10.2. The summed E-state index contributed by atoms with van der Waals surface area (Å²) in [7, 11) is 0. The summed E-state index contributed by atoms with van der Waals surface area (Å²) < 4.78 is 7.19. The maximum atomic E-state index is 10.9. The standard InChI is InChI=1S/C14H10Br2O3/c1-8-6-9(3-5-12(8)15)19-10-2-4-11(14(17)18)13(16)7-10/h2-7H,1H3,(H,17,18). The Hall–Kier alpha value is -1.33. The summed E-state index contributed by atoms with van der Waals surface area (Å²) in [6.45, 7) is 1.97. The molecule has 19 heavy (non-hydrogen) atoms. The average Bonchev–Trinajstić information content (AvgIpc) is 2.33. The zero-order valence-corrected chi connectivity index (χ0v) is 13.2. The van der Waals surface area contributed by atoms with Crippen molar-refractivity contribution in [1.29, 1.82) is 0 Å². The van der Waals surface area contributed by atoms with Gasteiger partial charge in [-0.05, 0) is 64.8 Å². The van der Waals surface area contributed by atoms with E-state index in [-0.39, 0.29) is 5.56 Å². The van der Waals surface area contributed by atoms with Crippen LogP contribution in [0.15, 0.2) is 45.3 Å². The quantitative estimate of drug-likeness (QED) is 0.807. The molecule has 1 N–H and O–H groups in total. The fourth-order valence-corrected chi connectivity index (χ4v) is 2.32. The molecular formula is C14H10Br2O3. The van der Waals surface area contributed by atoms with Crippen LogP contribution in [0.3, 0.4) is 0 Å². The van der Waals surface area contributed by atoms with Crippen LogP contribution >= 0.6 is 31.9 Å². The number of hydrogen-bond donors (Lipinski definition) is 1. The molecule has 0 aliphatic rings. The van der Waals surface area contributed by atoms with E-state index in [9.17, 15) is 4.79 Å². The zero-order valence-electron chi connectivity index (χ0n) is 9.98. The molecule has 0 atom stereocenters. The lowest BCUT2D eigenvalue weighted by Crippen LogP contribution is -1.97. The molecule has 0 heterocycles. The van der Waals surface area contributed by atoms with Crippen molar-refractivity contribution in [2.75, 3.05) is 0 Å². The molecule has 0 spiro atoms. The van der Waals surface area contributed by atoms with Crippen LogP contribution in [-0.4, -0.2) is 11.1 Å². The van der Waals surface area contributed by atoms with Gasteiger partial charge in [-0.15, -0.1) is 0 Å². The first kappa shape index (κ1) is 14.1. The van der Waals surface area contributed by atoms with Crippen molar-refractivity contribution in [1.82, 2.24) is 0 Å². The molecule has 0 saturated heterocycles. The molecule has 2 rings (SSSR count). The molecule has 0 aromatic heterocycles. The molecule has 2 aromatic rings. The van der Waals surface area contributed by atoms with E-state index in [1.165, 1.54) is 6.07 Å². The van der Waals surface area contributed by atoms with Gasteiger partial charge in [0.2, 0.25) is 0 Å². The van der Waals surface area contributed by atoms with Crippen molar-refractivity contribution in [2.24, 2.45) is 0 Å². The van der Waals surface area contributed by atoms with Gasteiger partial charge in [-0.25, -0.2) is 4.79 Å². The number of halogens is 2. The van der Waals surface area contributed by atoms with Crippen molar-refractivity contribution in [3.8, 4) is 11.5 Å². The molecule has 0 saturated carbocycles. The highest BCUT2D eigenvalue weighted by Crippen LogP contribution is 2.29. The SMILES string of the molecule is Cc1cc(Oc2ccc(C(=O)O)c(Br)c2)ccc1Br. The van der Waals surface area contributed by atoms with E-state index in [1.54, 1.807) is 12.1 Å². The van der Waals surface area contributed by atoms with Gasteiger partial charge in [0.05, 0.1) is 5.56 Å². The summed E-state index contributed by atoms with van der Waals surface area (Å²) in [5.74, 6) is 0.312. The number of ether oxygens (including phenoxy) is 1. The van der Waals surface area contributed by atoms with Gasteiger partial charge in [0.15, 0.2) is 0 Å². The van der Waals surface area contributed by atoms with Crippen LogP contribution in [0.4, 0.5) is 0 Å². The minimum absolute atomic E-state index is 0.208. The number of rotatable bonds is 3. The van der Waals surface area contributed by atoms with Gasteiger partial charge in [0, 0.05) is 8.95 Å². The lowest BCUT2D eigenvalue weighted by Gasteiger charge is -2.08. The minimum Gasteiger partial charge on any atom is -0.478 e. The number of carbonyl (C=O) groups is 1. The third kappa shape index (κ3) is 3.36. The minimum atomic E-state index is -0.974. The molecule has 0 aliphatic heterocycles. The van der Waals surface area contributed by atoms with Gasteiger partial charge in [-0.2, -0.15) is 0 Å². The van der Waals surface area contributed by atoms with E-state index in [4.69, 9.17) is 9.84 Å². The number of benzene rings is 2. The third-order valence-electron chi connectivity index (χ3n) is 2.54. The molecule has 0 bridgehead atoms. The first-order valence-corrected chi connectivity index (χ1v) is 7.03. The fraction of sp³-hybridized carbons (Fsp3) is 0.0714. The van der Waals surface area contributed by atoms with Crippen LogP contribution in [0.25, 0.3) is 0 Å². The number of hydrogen-bond acceptors (Lipinski definition) is 2. The second-order valence-corrected chi connectivity index (χ2v) is 5.67. The van der Waals surface area contributed by atoms with Gasteiger partial charge in [-0.1, -0.05) is 15.9 Å². The molecule has 3 nitrogen and oxygen atoms in total. The molecule has 2 aromatic carbocycles. The second-order valence-electron chi connectivity index (χ2n) is 3.96. The van der Waals surface area contributed by atoms with Crippen LogP contribution in [-0.2, 0) is 0 Å². The predicted octanol–water partition coefficient (Wildman–Crippen LogP) is 5.01. The summed E-state index contributed by atoms with van der Waals surface area (Å²) in [6.07, 6.45) is 0. The Kier molecular flexibility index (Phi) is 4.27. The van der Waals surface area contributed by atoms with E-state index in [1.807, 2.05) is 25.1 Å². The Labute approximate surface area is 127 Å². The highest BCUT2D eigenvalue weighted by atomic mass is 79.9. The highest BCUT2D eigenvalue weighted by molar-refractivity contribution is 9.10. The maximum absolute atomic E-state index is 10.9. The first-order valence-electron chi connectivity index (χ1n) is 5.44. The fourth-order valence-electron chi connectivity index (χ4n) is 1.55. The van der Waals surface area contributed by atoms with E-state index in [0.717, 1.165) is 10.0 Å². The van der Waals surface area contributed by atoms with Crippen LogP contribution in [0.5, 0.6) is 11.5 Å². The van der Waals surface area contributed by atoms with Gasteiger partial charge >= 0.3 is 5.97 Å². The van der Waals surface area contributed by atoms with E-state index >= 15 is 0 Å². The molecule has 98 valence electrons.